The van der Waals surface area contributed by atoms with Crippen LogP contribution in [0.15, 0.2) is 70.0 Å². The molecule has 39 heavy (non-hydrogen) atoms. The first-order chi connectivity index (χ1) is 18.5. The number of hydrogen-bond donors (Lipinski definition) is 1. The Labute approximate surface area is 228 Å². The molecule has 11 heteroatoms. The second-order valence-electron chi connectivity index (χ2n) is 10.2. The Balaban J connectivity index is 1.44. The number of carbonyl (C=O) groups is 1. The van der Waals surface area contributed by atoms with Crippen LogP contribution in [0.1, 0.15) is 44.7 Å². The zero-order valence-electron chi connectivity index (χ0n) is 21.4. The summed E-state index contributed by atoms with van der Waals surface area (Å²) in [5, 5.41) is 18.3. The van der Waals surface area contributed by atoms with Gasteiger partial charge in [-0.2, -0.15) is 0 Å². The van der Waals surface area contributed by atoms with Crippen molar-refractivity contribution in [2.24, 2.45) is 0 Å². The standard InChI is InChI=1S/C28H25ClN4O6/c1-28(2,3)38-27(35)30-22-10-6-18(29)14-21(22)17-12-20-9-11-24(32(20)26(34)13-17)25-15-23(31-39-25)16-4-7-19(8-5-16)33(36)37/h4-8,10,12-15,24H,9,11H2,1-3H3,(H,30,35). The zero-order chi connectivity index (χ0) is 27.9. The van der Waals surface area contributed by atoms with Crippen molar-refractivity contribution >= 4 is 29.1 Å². The van der Waals surface area contributed by atoms with Gasteiger partial charge in [-0.3, -0.25) is 20.2 Å². The second-order valence-corrected chi connectivity index (χ2v) is 10.7. The van der Waals surface area contributed by atoms with E-state index in [1.165, 1.54) is 18.2 Å². The highest BCUT2D eigenvalue weighted by molar-refractivity contribution is 6.31. The molecule has 0 saturated heterocycles. The monoisotopic (exact) mass is 548 g/mol. The molecule has 2 aromatic carbocycles. The van der Waals surface area contributed by atoms with Crippen LogP contribution in [0.3, 0.4) is 0 Å². The van der Waals surface area contributed by atoms with Crippen molar-refractivity contribution in [3.05, 3.63) is 97.6 Å². The number of aromatic nitrogens is 2. The van der Waals surface area contributed by atoms with Gasteiger partial charge in [0, 0.05) is 46.1 Å². The largest absolute Gasteiger partial charge is 0.444 e. The molecule has 4 aromatic rings. The number of hydrogen-bond acceptors (Lipinski definition) is 7. The lowest BCUT2D eigenvalue weighted by Gasteiger charge is -2.21. The van der Waals surface area contributed by atoms with Crippen molar-refractivity contribution in [1.29, 1.82) is 0 Å². The van der Waals surface area contributed by atoms with Crippen molar-refractivity contribution in [2.75, 3.05) is 5.32 Å². The van der Waals surface area contributed by atoms with Crippen molar-refractivity contribution in [2.45, 2.75) is 45.3 Å². The number of pyridine rings is 1. The zero-order valence-corrected chi connectivity index (χ0v) is 22.2. The van der Waals surface area contributed by atoms with Gasteiger partial charge in [0.1, 0.15) is 11.3 Å². The summed E-state index contributed by atoms with van der Waals surface area (Å²) in [6.45, 7) is 5.32. The Morgan fingerprint density at radius 2 is 1.87 bits per heavy atom. The van der Waals surface area contributed by atoms with Crippen LogP contribution in [0.2, 0.25) is 5.02 Å². The Morgan fingerprint density at radius 1 is 1.13 bits per heavy atom. The number of nitrogens with one attached hydrogen (secondary N) is 1. The number of rotatable bonds is 5. The second kappa shape index (κ2) is 10.0. The molecule has 0 bridgehead atoms. The summed E-state index contributed by atoms with van der Waals surface area (Å²) in [6, 6.07) is 15.8. The van der Waals surface area contributed by atoms with Crippen LogP contribution in [-0.4, -0.2) is 26.3 Å². The molecule has 1 unspecified atom stereocenters. The molecule has 10 nitrogen and oxygen atoms in total. The molecule has 3 heterocycles. The number of fused-ring (bicyclic) bond motifs is 1. The number of halogens is 1. The fourth-order valence-electron chi connectivity index (χ4n) is 4.63. The molecule has 5 rings (SSSR count). The van der Waals surface area contributed by atoms with E-state index in [1.807, 2.05) is 6.07 Å². The molecule has 1 aliphatic heterocycles. The molecule has 0 fully saturated rings. The van der Waals surface area contributed by atoms with E-state index in [9.17, 15) is 19.7 Å². The van der Waals surface area contributed by atoms with E-state index in [4.69, 9.17) is 20.9 Å². The van der Waals surface area contributed by atoms with Crippen LogP contribution >= 0.6 is 11.6 Å². The lowest BCUT2D eigenvalue weighted by molar-refractivity contribution is -0.384. The van der Waals surface area contributed by atoms with Crippen LogP contribution < -0.4 is 10.9 Å². The molecule has 1 N–H and O–H groups in total. The minimum absolute atomic E-state index is 0.0151. The third-order valence-electron chi connectivity index (χ3n) is 6.29. The average Bonchev–Trinajstić information content (AvgIpc) is 3.51. The topological polar surface area (TPSA) is 130 Å². The maximum atomic E-state index is 13.4. The normalized spacial score (nSPS) is 14.6. The first kappa shape index (κ1) is 26.2. The van der Waals surface area contributed by atoms with Crippen LogP contribution in [-0.2, 0) is 11.2 Å². The van der Waals surface area contributed by atoms with E-state index in [0.717, 1.165) is 5.69 Å². The third kappa shape index (κ3) is 5.56. The highest BCUT2D eigenvalue weighted by Gasteiger charge is 2.29. The third-order valence-corrected chi connectivity index (χ3v) is 6.53. The summed E-state index contributed by atoms with van der Waals surface area (Å²) < 4.78 is 12.7. The molecule has 0 aliphatic carbocycles. The predicted octanol–water partition coefficient (Wildman–Crippen LogP) is 6.61. The fraction of sp³-hybridized carbons (Fsp3) is 0.250. The SMILES string of the molecule is CC(C)(C)OC(=O)Nc1ccc(Cl)cc1-c1cc2n(c(=O)c1)C(c1cc(-c3ccc([N+](=O)[O-])cc3)no1)CC2. The Bertz CT molecular complexity index is 1640. The molecular formula is C28H25ClN4O6. The van der Waals surface area contributed by atoms with E-state index >= 15 is 0 Å². The summed E-state index contributed by atoms with van der Waals surface area (Å²) in [4.78, 5) is 36.3. The number of anilines is 1. The Hall–Kier alpha value is -4.44. The summed E-state index contributed by atoms with van der Waals surface area (Å²) in [5.41, 5.74) is 2.76. The van der Waals surface area contributed by atoms with E-state index in [2.05, 4.69) is 10.5 Å². The lowest BCUT2D eigenvalue weighted by atomic mass is 10.0. The van der Waals surface area contributed by atoms with Crippen LogP contribution in [0.4, 0.5) is 16.2 Å². The smallest absolute Gasteiger partial charge is 0.412 e. The van der Waals surface area contributed by atoms with Gasteiger partial charge in [-0.1, -0.05) is 16.8 Å². The molecular weight excluding hydrogens is 524 g/mol. The van der Waals surface area contributed by atoms with Gasteiger partial charge in [0.2, 0.25) is 0 Å². The average molecular weight is 549 g/mol. The van der Waals surface area contributed by atoms with E-state index in [1.54, 1.807) is 61.7 Å². The fourth-order valence-corrected chi connectivity index (χ4v) is 4.81. The Kier molecular flexibility index (Phi) is 6.73. The number of nitro groups is 1. The maximum absolute atomic E-state index is 13.4. The predicted molar refractivity (Wildman–Crippen MR) is 146 cm³/mol. The first-order valence-corrected chi connectivity index (χ1v) is 12.6. The molecule has 1 aliphatic rings. The molecule has 1 amide bonds. The lowest BCUT2D eigenvalue weighted by Crippen LogP contribution is -2.27. The number of ether oxygens (including phenoxy) is 1. The van der Waals surface area contributed by atoms with Gasteiger partial charge < -0.3 is 13.8 Å². The minimum Gasteiger partial charge on any atom is -0.444 e. The van der Waals surface area contributed by atoms with Gasteiger partial charge in [0.05, 0.1) is 16.7 Å². The van der Waals surface area contributed by atoms with Crippen LogP contribution in [0.25, 0.3) is 22.4 Å². The summed E-state index contributed by atoms with van der Waals surface area (Å²) in [6.07, 6.45) is 0.640. The quantitative estimate of drug-likeness (QED) is 0.219. The van der Waals surface area contributed by atoms with Crippen molar-refractivity contribution in [1.82, 2.24) is 9.72 Å². The van der Waals surface area contributed by atoms with Gasteiger partial charge in [0.15, 0.2) is 5.76 Å². The number of non-ortho nitro benzene ring substituents is 1. The molecule has 0 saturated carbocycles. The number of nitro benzene ring substituents is 1. The number of aryl methyl sites for hydroxylation is 1. The summed E-state index contributed by atoms with van der Waals surface area (Å²) in [7, 11) is 0. The van der Waals surface area contributed by atoms with Gasteiger partial charge in [-0.15, -0.1) is 0 Å². The Morgan fingerprint density at radius 3 is 2.56 bits per heavy atom. The number of amides is 1. The number of benzene rings is 2. The van der Waals surface area contributed by atoms with Crippen LogP contribution in [0, 0.1) is 10.1 Å². The highest BCUT2D eigenvalue weighted by atomic mass is 35.5. The van der Waals surface area contributed by atoms with E-state index in [-0.39, 0.29) is 17.3 Å². The number of carbonyl (C=O) groups excluding carboxylic acids is 1. The molecule has 2 aromatic heterocycles. The van der Waals surface area contributed by atoms with Gasteiger partial charge in [0.25, 0.3) is 11.2 Å². The van der Waals surface area contributed by atoms with E-state index in [0.29, 0.717) is 51.7 Å². The highest BCUT2D eigenvalue weighted by Crippen LogP contribution is 2.36. The number of nitrogens with zero attached hydrogens (tertiary/aromatic N) is 3. The van der Waals surface area contributed by atoms with E-state index < -0.39 is 16.6 Å². The van der Waals surface area contributed by atoms with Crippen LogP contribution in [0.5, 0.6) is 0 Å². The van der Waals surface area contributed by atoms with Gasteiger partial charge in [-0.05, 0) is 75.6 Å². The van der Waals surface area contributed by atoms with Gasteiger partial charge in [-0.25, -0.2) is 4.79 Å². The maximum Gasteiger partial charge on any atom is 0.412 e. The molecule has 200 valence electrons. The molecule has 0 radical (unpaired) electrons. The van der Waals surface area contributed by atoms with Crippen molar-refractivity contribution in [3.63, 3.8) is 0 Å². The molecule has 1 atom stereocenters. The summed E-state index contributed by atoms with van der Waals surface area (Å²) >= 11 is 6.27. The van der Waals surface area contributed by atoms with Crippen molar-refractivity contribution in [3.8, 4) is 22.4 Å². The summed E-state index contributed by atoms with van der Waals surface area (Å²) in [5.74, 6) is 0.520. The first-order valence-electron chi connectivity index (χ1n) is 12.3. The van der Waals surface area contributed by atoms with Gasteiger partial charge >= 0.3 is 6.09 Å². The molecule has 0 spiro atoms. The minimum atomic E-state index is -0.670. The van der Waals surface area contributed by atoms with Crippen molar-refractivity contribution < 1.29 is 19.0 Å².